The summed E-state index contributed by atoms with van der Waals surface area (Å²) in [5.74, 6) is -1.45. The van der Waals surface area contributed by atoms with Gasteiger partial charge in [0.15, 0.2) is 0 Å². The van der Waals surface area contributed by atoms with Gasteiger partial charge in [-0.25, -0.2) is 0 Å². The Hall–Kier alpha value is -0.290. The van der Waals surface area contributed by atoms with Crippen molar-refractivity contribution in [2.75, 3.05) is 6.61 Å². The average Bonchev–Trinajstić information content (AvgIpc) is 2.54. The summed E-state index contributed by atoms with van der Waals surface area (Å²) in [6, 6.07) is 0. The van der Waals surface area contributed by atoms with Crippen LogP contribution in [0.1, 0.15) is 26.2 Å². The molecule has 1 saturated carbocycles. The lowest BCUT2D eigenvalue weighted by Crippen LogP contribution is -2.40. The molecular formula is C11H17F3O2. The minimum absolute atomic E-state index is 0.0241. The fourth-order valence-corrected chi connectivity index (χ4v) is 3.11. The van der Waals surface area contributed by atoms with Gasteiger partial charge in [0.05, 0.1) is 18.1 Å². The Morgan fingerprint density at radius 3 is 2.50 bits per heavy atom. The third-order valence-electron chi connectivity index (χ3n) is 3.90. The van der Waals surface area contributed by atoms with Crippen molar-refractivity contribution < 1.29 is 23.0 Å². The van der Waals surface area contributed by atoms with Crippen LogP contribution in [-0.4, -0.2) is 30.1 Å². The summed E-state index contributed by atoms with van der Waals surface area (Å²) in [4.78, 5) is 0. The number of hydrogen-bond acceptors (Lipinski definition) is 2. The maximum Gasteiger partial charge on any atom is 0.391 e. The lowest BCUT2D eigenvalue weighted by Gasteiger charge is -2.37. The first-order chi connectivity index (χ1) is 7.41. The molecule has 0 aromatic rings. The van der Waals surface area contributed by atoms with Crippen LogP contribution in [0.3, 0.4) is 0 Å². The molecule has 1 N–H and O–H groups in total. The Balaban J connectivity index is 2.10. The molecular weight excluding hydrogens is 221 g/mol. The number of ether oxygens (including phenoxy) is 1. The van der Waals surface area contributed by atoms with E-state index in [9.17, 15) is 18.3 Å². The van der Waals surface area contributed by atoms with E-state index in [1.54, 1.807) is 0 Å². The van der Waals surface area contributed by atoms with E-state index in [1.807, 2.05) is 6.92 Å². The average molecular weight is 238 g/mol. The van der Waals surface area contributed by atoms with Gasteiger partial charge in [0.1, 0.15) is 0 Å². The second-order valence-corrected chi connectivity index (χ2v) is 5.04. The van der Waals surface area contributed by atoms with Crippen molar-refractivity contribution in [2.24, 2.45) is 17.8 Å². The standard InChI is InChI=1S/C11H17F3O2/c1-6-2-9-7(5-15)3-8(11(12,13)14)4-10(9)16-6/h6-10,15H,2-5H2,1H3/t6-,7+,8+,9-,10+/m1/s1. The summed E-state index contributed by atoms with van der Waals surface area (Å²) in [5, 5.41) is 9.18. The second kappa shape index (κ2) is 4.18. The third-order valence-corrected chi connectivity index (χ3v) is 3.90. The summed E-state index contributed by atoms with van der Waals surface area (Å²) < 4.78 is 43.5. The van der Waals surface area contributed by atoms with E-state index in [2.05, 4.69) is 0 Å². The summed E-state index contributed by atoms with van der Waals surface area (Å²) in [6.07, 6.45) is -3.55. The van der Waals surface area contributed by atoms with Crippen molar-refractivity contribution in [1.29, 1.82) is 0 Å². The molecule has 94 valence electrons. The van der Waals surface area contributed by atoms with Gasteiger partial charge in [0.2, 0.25) is 0 Å². The second-order valence-electron chi connectivity index (χ2n) is 5.04. The zero-order valence-corrected chi connectivity index (χ0v) is 9.20. The Kier molecular flexibility index (Phi) is 3.18. The number of aliphatic hydroxyl groups excluding tert-OH is 1. The van der Waals surface area contributed by atoms with Crippen molar-refractivity contribution in [3.05, 3.63) is 0 Å². The maximum atomic E-state index is 12.7. The van der Waals surface area contributed by atoms with Crippen LogP contribution in [0.2, 0.25) is 0 Å². The molecule has 16 heavy (non-hydrogen) atoms. The lowest BCUT2D eigenvalue weighted by molar-refractivity contribution is -0.200. The van der Waals surface area contributed by atoms with Crippen LogP contribution in [0.5, 0.6) is 0 Å². The van der Waals surface area contributed by atoms with E-state index < -0.39 is 12.1 Å². The Bertz CT molecular complexity index is 246. The molecule has 1 aliphatic carbocycles. The molecule has 5 heteroatoms. The Labute approximate surface area is 92.8 Å². The predicted molar refractivity (Wildman–Crippen MR) is 51.8 cm³/mol. The molecule has 1 heterocycles. The minimum Gasteiger partial charge on any atom is -0.396 e. The highest BCUT2D eigenvalue weighted by atomic mass is 19.4. The molecule has 0 spiro atoms. The minimum atomic E-state index is -4.16. The van der Waals surface area contributed by atoms with E-state index >= 15 is 0 Å². The lowest BCUT2D eigenvalue weighted by atomic mass is 9.72. The smallest absolute Gasteiger partial charge is 0.391 e. The van der Waals surface area contributed by atoms with Gasteiger partial charge in [0, 0.05) is 6.61 Å². The molecule has 5 atom stereocenters. The summed E-state index contributed by atoms with van der Waals surface area (Å²) in [7, 11) is 0. The van der Waals surface area contributed by atoms with Crippen LogP contribution in [0.4, 0.5) is 13.2 Å². The number of halogens is 3. The van der Waals surface area contributed by atoms with E-state index in [-0.39, 0.29) is 43.5 Å². The number of alkyl halides is 3. The van der Waals surface area contributed by atoms with Gasteiger partial charge < -0.3 is 9.84 Å². The fourth-order valence-electron chi connectivity index (χ4n) is 3.11. The predicted octanol–water partition coefficient (Wildman–Crippen LogP) is 2.36. The van der Waals surface area contributed by atoms with Gasteiger partial charge in [0.25, 0.3) is 0 Å². The SMILES string of the molecule is C[C@@H]1C[C@@H]2[C@H](CO)C[C@H](C(F)(F)F)C[C@@H]2O1. The van der Waals surface area contributed by atoms with Crippen LogP contribution in [0.25, 0.3) is 0 Å². The van der Waals surface area contributed by atoms with Crippen molar-refractivity contribution in [3.8, 4) is 0 Å². The molecule has 2 rings (SSSR count). The summed E-state index contributed by atoms with van der Waals surface area (Å²) >= 11 is 0. The monoisotopic (exact) mass is 238 g/mol. The first-order valence-corrected chi connectivity index (χ1v) is 5.75. The van der Waals surface area contributed by atoms with Gasteiger partial charge in [-0.05, 0) is 38.0 Å². The van der Waals surface area contributed by atoms with E-state index in [1.165, 1.54) is 0 Å². The molecule has 0 radical (unpaired) electrons. The van der Waals surface area contributed by atoms with E-state index in [0.29, 0.717) is 0 Å². The highest BCUT2D eigenvalue weighted by molar-refractivity contribution is 4.93. The molecule has 1 saturated heterocycles. The van der Waals surface area contributed by atoms with Gasteiger partial charge in [-0.15, -0.1) is 0 Å². The summed E-state index contributed by atoms with van der Waals surface area (Å²) in [6.45, 7) is 1.72. The Morgan fingerprint density at radius 2 is 1.94 bits per heavy atom. The molecule has 0 aromatic carbocycles. The number of hydrogen-bond donors (Lipinski definition) is 1. The van der Waals surface area contributed by atoms with Crippen LogP contribution in [0.15, 0.2) is 0 Å². The maximum absolute atomic E-state index is 12.7. The molecule has 2 fully saturated rings. The summed E-state index contributed by atoms with van der Waals surface area (Å²) in [5.41, 5.74) is 0. The highest BCUT2D eigenvalue weighted by Crippen LogP contribution is 2.47. The van der Waals surface area contributed by atoms with Gasteiger partial charge in [-0.2, -0.15) is 13.2 Å². The van der Waals surface area contributed by atoms with Gasteiger partial charge in [-0.1, -0.05) is 0 Å². The van der Waals surface area contributed by atoms with Crippen molar-refractivity contribution >= 4 is 0 Å². The number of rotatable bonds is 1. The first kappa shape index (κ1) is 12.2. The van der Waals surface area contributed by atoms with Gasteiger partial charge in [-0.3, -0.25) is 0 Å². The quantitative estimate of drug-likeness (QED) is 0.760. The van der Waals surface area contributed by atoms with E-state index in [4.69, 9.17) is 4.74 Å². The Morgan fingerprint density at radius 1 is 1.25 bits per heavy atom. The zero-order chi connectivity index (χ0) is 11.9. The van der Waals surface area contributed by atoms with Gasteiger partial charge >= 0.3 is 6.18 Å². The van der Waals surface area contributed by atoms with Crippen LogP contribution >= 0.6 is 0 Å². The van der Waals surface area contributed by atoms with Crippen LogP contribution in [-0.2, 0) is 4.74 Å². The van der Waals surface area contributed by atoms with Crippen molar-refractivity contribution in [3.63, 3.8) is 0 Å². The van der Waals surface area contributed by atoms with Crippen LogP contribution in [0, 0.1) is 17.8 Å². The molecule has 0 amide bonds. The van der Waals surface area contributed by atoms with E-state index in [0.717, 1.165) is 6.42 Å². The first-order valence-electron chi connectivity index (χ1n) is 5.75. The molecule has 1 aliphatic heterocycles. The molecule has 0 aromatic heterocycles. The zero-order valence-electron chi connectivity index (χ0n) is 9.20. The number of aliphatic hydroxyl groups is 1. The largest absolute Gasteiger partial charge is 0.396 e. The highest BCUT2D eigenvalue weighted by Gasteiger charge is 2.51. The topological polar surface area (TPSA) is 29.5 Å². The van der Waals surface area contributed by atoms with Crippen LogP contribution < -0.4 is 0 Å². The molecule has 2 nitrogen and oxygen atoms in total. The third kappa shape index (κ3) is 2.20. The normalized spacial score (nSPS) is 44.4. The molecule has 0 unspecified atom stereocenters. The van der Waals surface area contributed by atoms with Crippen molar-refractivity contribution in [2.45, 2.75) is 44.6 Å². The number of fused-ring (bicyclic) bond motifs is 1. The van der Waals surface area contributed by atoms with Crippen molar-refractivity contribution in [1.82, 2.24) is 0 Å². The fraction of sp³-hybridized carbons (Fsp3) is 1.00. The molecule has 2 aliphatic rings. The molecule has 0 bridgehead atoms.